The summed E-state index contributed by atoms with van der Waals surface area (Å²) in [4.78, 5) is 31.9. The highest BCUT2D eigenvalue weighted by Gasteiger charge is 2.40. The summed E-state index contributed by atoms with van der Waals surface area (Å²) in [5, 5.41) is 42.2. The van der Waals surface area contributed by atoms with Crippen LogP contribution in [-0.2, 0) is 0 Å². The number of ketones is 2. The number of nitrogens with zero attached hydrogens (tertiary/aromatic N) is 4. The van der Waals surface area contributed by atoms with Gasteiger partial charge in [0.2, 0.25) is 11.6 Å². The lowest BCUT2D eigenvalue weighted by Gasteiger charge is -2.32. The molecule has 10 heteroatoms. The second kappa shape index (κ2) is 8.74. The first-order valence-corrected chi connectivity index (χ1v) is 12.4. The van der Waals surface area contributed by atoms with E-state index in [9.17, 15) is 30.2 Å². The summed E-state index contributed by atoms with van der Waals surface area (Å²) in [6.07, 6.45) is 1.40. The fourth-order valence-corrected chi connectivity index (χ4v) is 5.66. The standard InChI is InChI=1S/C26H32N4O6/c1-29(35)13-3-9-27(11-15-29)17-5-6-18(28-10-4-14-30(2,36)16-12-28)22-21(17)25(33)23-19(31)7-8-20(32)24(23)26(22)34/h5-8,35-36H,3-4,9-16H2,1-2H3/p+2. The van der Waals surface area contributed by atoms with E-state index in [0.717, 1.165) is 0 Å². The third kappa shape index (κ3) is 4.20. The van der Waals surface area contributed by atoms with Gasteiger partial charge in [-0.05, 0) is 24.3 Å². The number of carbonyl (C=O) groups is 2. The molecule has 192 valence electrons. The van der Waals surface area contributed by atoms with Crippen LogP contribution in [0.15, 0.2) is 24.3 Å². The fraction of sp³-hybridized carbons (Fsp3) is 0.462. The third-order valence-corrected chi connectivity index (χ3v) is 7.75. The first-order valence-electron chi connectivity index (χ1n) is 12.4. The van der Waals surface area contributed by atoms with Crippen molar-refractivity contribution in [3.63, 3.8) is 0 Å². The Morgan fingerprint density at radius 1 is 0.611 bits per heavy atom. The quantitative estimate of drug-likeness (QED) is 0.313. The number of hydrogen-bond acceptors (Lipinski definition) is 8. The number of carbonyl (C=O) groups excluding carboxylic acids is 2. The number of benzene rings is 2. The van der Waals surface area contributed by atoms with Crippen molar-refractivity contribution >= 4 is 22.9 Å². The van der Waals surface area contributed by atoms with Gasteiger partial charge in [0.15, 0.2) is 0 Å². The van der Waals surface area contributed by atoms with E-state index in [0.29, 0.717) is 76.6 Å². The summed E-state index contributed by atoms with van der Waals surface area (Å²) in [5.74, 6) is -1.70. The van der Waals surface area contributed by atoms with E-state index < -0.39 is 11.6 Å². The monoisotopic (exact) mass is 498 g/mol. The van der Waals surface area contributed by atoms with Gasteiger partial charge < -0.3 is 20.0 Å². The number of phenols is 2. The lowest BCUT2D eigenvalue weighted by molar-refractivity contribution is -1.09. The smallest absolute Gasteiger partial charge is 0.200 e. The lowest BCUT2D eigenvalue weighted by atomic mass is 9.80. The zero-order valence-electron chi connectivity index (χ0n) is 20.8. The van der Waals surface area contributed by atoms with Crippen LogP contribution in [0.5, 0.6) is 11.5 Å². The van der Waals surface area contributed by atoms with E-state index in [4.69, 9.17) is 0 Å². The van der Waals surface area contributed by atoms with Crippen molar-refractivity contribution in [1.82, 2.24) is 0 Å². The molecular weight excluding hydrogens is 464 g/mol. The van der Waals surface area contributed by atoms with Gasteiger partial charge >= 0.3 is 0 Å². The van der Waals surface area contributed by atoms with Gasteiger partial charge in [-0.3, -0.25) is 9.59 Å². The maximum atomic E-state index is 13.9. The van der Waals surface area contributed by atoms with E-state index in [1.165, 1.54) is 12.1 Å². The zero-order valence-corrected chi connectivity index (χ0v) is 20.8. The van der Waals surface area contributed by atoms with Crippen molar-refractivity contribution < 1.29 is 39.5 Å². The van der Waals surface area contributed by atoms with Crippen LogP contribution < -0.4 is 9.80 Å². The SMILES string of the molecule is C[N+]1(O)CCCN(c2ccc(N3CCC[N+](C)(O)CC3)c3c2C(=O)c2c(O)ccc(O)c2C3=O)CC1. The van der Waals surface area contributed by atoms with Crippen LogP contribution >= 0.6 is 0 Å². The molecule has 10 nitrogen and oxygen atoms in total. The molecule has 0 saturated carbocycles. The molecule has 1 aliphatic carbocycles. The zero-order chi connectivity index (χ0) is 25.8. The van der Waals surface area contributed by atoms with Gasteiger partial charge in [0, 0.05) is 37.3 Å². The van der Waals surface area contributed by atoms with E-state index in [-0.39, 0.29) is 43.0 Å². The molecule has 5 rings (SSSR count). The molecule has 2 aromatic rings. The number of rotatable bonds is 2. The van der Waals surface area contributed by atoms with Gasteiger partial charge in [-0.25, -0.2) is 10.4 Å². The van der Waals surface area contributed by atoms with E-state index >= 15 is 0 Å². The van der Waals surface area contributed by atoms with Crippen molar-refractivity contribution in [3.05, 3.63) is 46.5 Å². The predicted molar refractivity (Wildman–Crippen MR) is 132 cm³/mol. The molecule has 2 aromatic carbocycles. The topological polar surface area (TPSA) is 122 Å². The number of phenolic OH excluding ortho intramolecular Hbond substituents is 2. The number of quaternary nitrogens is 2. The fourth-order valence-electron chi connectivity index (χ4n) is 5.66. The van der Waals surface area contributed by atoms with Gasteiger partial charge in [0.05, 0.1) is 49.4 Å². The second-order valence-electron chi connectivity index (χ2n) is 10.6. The maximum Gasteiger partial charge on any atom is 0.200 e. The summed E-state index contributed by atoms with van der Waals surface area (Å²) in [6, 6.07) is 6.14. The lowest BCUT2D eigenvalue weighted by Crippen LogP contribution is -2.43. The number of hydroxylamine groups is 6. The van der Waals surface area contributed by atoms with Gasteiger partial charge in [-0.15, -0.1) is 0 Å². The molecule has 2 heterocycles. The van der Waals surface area contributed by atoms with Crippen LogP contribution in [-0.4, -0.2) is 108 Å². The molecule has 2 saturated heterocycles. The Morgan fingerprint density at radius 3 is 1.39 bits per heavy atom. The number of aromatic hydroxyl groups is 2. The van der Waals surface area contributed by atoms with Crippen LogP contribution in [0.4, 0.5) is 11.4 Å². The summed E-state index contributed by atoms with van der Waals surface area (Å²) in [6.45, 7) is 4.25. The molecule has 3 aliphatic rings. The van der Waals surface area contributed by atoms with Crippen LogP contribution in [0.1, 0.15) is 44.7 Å². The summed E-state index contributed by atoms with van der Waals surface area (Å²) in [5.41, 5.74) is 1.23. The van der Waals surface area contributed by atoms with Crippen LogP contribution in [0.3, 0.4) is 0 Å². The van der Waals surface area contributed by atoms with Gasteiger partial charge in [-0.1, -0.05) is 0 Å². The Hall–Kier alpha value is -3.18. The molecule has 0 radical (unpaired) electrons. The third-order valence-electron chi connectivity index (χ3n) is 7.75. The Bertz CT molecular complexity index is 1150. The Balaban J connectivity index is 1.68. The molecule has 0 amide bonds. The highest BCUT2D eigenvalue weighted by Crippen LogP contribution is 2.44. The predicted octanol–water partition coefficient (Wildman–Crippen LogP) is 1.96. The van der Waals surface area contributed by atoms with E-state index in [2.05, 4.69) is 0 Å². The first kappa shape index (κ1) is 24.5. The van der Waals surface area contributed by atoms with E-state index in [1.807, 2.05) is 21.9 Å². The minimum Gasteiger partial charge on any atom is -0.507 e. The summed E-state index contributed by atoms with van der Waals surface area (Å²) in [7, 11) is 3.50. The van der Waals surface area contributed by atoms with Crippen molar-refractivity contribution in [1.29, 1.82) is 0 Å². The largest absolute Gasteiger partial charge is 0.507 e. The van der Waals surface area contributed by atoms with Crippen LogP contribution in [0, 0.1) is 0 Å². The molecule has 2 unspecified atom stereocenters. The average molecular weight is 499 g/mol. The van der Waals surface area contributed by atoms with Crippen LogP contribution in [0.25, 0.3) is 0 Å². The van der Waals surface area contributed by atoms with E-state index in [1.54, 1.807) is 14.1 Å². The first-order chi connectivity index (χ1) is 17.0. The van der Waals surface area contributed by atoms with Crippen molar-refractivity contribution in [2.45, 2.75) is 12.8 Å². The number of anilines is 2. The molecular formula is C26H34N4O6+2. The van der Waals surface area contributed by atoms with Crippen LogP contribution in [0.2, 0.25) is 0 Å². The molecule has 0 spiro atoms. The number of hydrogen-bond donors (Lipinski definition) is 4. The minimum atomic E-state index is -0.507. The number of likely N-dealkylation sites (N-methyl/N-ethyl adjacent to an activating group) is 2. The van der Waals surface area contributed by atoms with Crippen molar-refractivity contribution in [3.8, 4) is 11.5 Å². The average Bonchev–Trinajstić information content (AvgIpc) is 3.11. The highest BCUT2D eigenvalue weighted by molar-refractivity contribution is 6.33. The van der Waals surface area contributed by atoms with Gasteiger partial charge in [0.1, 0.15) is 37.7 Å². The molecule has 4 N–H and O–H groups in total. The van der Waals surface area contributed by atoms with Crippen molar-refractivity contribution in [2.24, 2.45) is 0 Å². The Morgan fingerprint density at radius 2 is 1.00 bits per heavy atom. The maximum absolute atomic E-state index is 13.9. The highest BCUT2D eigenvalue weighted by atomic mass is 16.5. The summed E-state index contributed by atoms with van der Waals surface area (Å²) < 4.78 is -0.236. The summed E-state index contributed by atoms with van der Waals surface area (Å²) >= 11 is 0. The molecule has 0 bridgehead atoms. The Labute approximate surface area is 209 Å². The molecule has 2 aliphatic heterocycles. The second-order valence-corrected chi connectivity index (χ2v) is 10.6. The number of fused-ring (bicyclic) bond motifs is 2. The minimum absolute atomic E-state index is 0.118. The van der Waals surface area contributed by atoms with Gasteiger partial charge in [-0.2, -0.15) is 9.29 Å². The molecule has 2 atom stereocenters. The normalized spacial score (nSPS) is 26.8. The molecule has 2 fully saturated rings. The van der Waals surface area contributed by atoms with Gasteiger partial charge in [0.25, 0.3) is 0 Å². The van der Waals surface area contributed by atoms with Crippen molar-refractivity contribution in [2.75, 3.05) is 76.3 Å². The Kier molecular flexibility index (Phi) is 5.95. The molecule has 36 heavy (non-hydrogen) atoms. The molecule has 0 aromatic heterocycles.